The summed E-state index contributed by atoms with van der Waals surface area (Å²) in [6.45, 7) is 4.12. The molecule has 0 heterocycles. The van der Waals surface area contributed by atoms with Gasteiger partial charge in [-0.2, -0.15) is 0 Å². The van der Waals surface area contributed by atoms with Crippen LogP contribution in [0.2, 0.25) is 5.02 Å². The fourth-order valence-electron chi connectivity index (χ4n) is 1.13. The molecule has 0 spiro atoms. The quantitative estimate of drug-likeness (QED) is 0.830. The molecule has 0 fully saturated rings. The second-order valence-electron chi connectivity index (χ2n) is 3.38. The predicted octanol–water partition coefficient (Wildman–Crippen LogP) is 3.18. The molecule has 0 aromatic heterocycles. The van der Waals surface area contributed by atoms with E-state index >= 15 is 0 Å². The van der Waals surface area contributed by atoms with E-state index in [-0.39, 0.29) is 12.1 Å². The average Bonchev–Trinajstić information content (AvgIpc) is 2.20. The fourth-order valence-corrected chi connectivity index (χ4v) is 1.26. The van der Waals surface area contributed by atoms with Crippen molar-refractivity contribution in [2.24, 2.45) is 0 Å². The summed E-state index contributed by atoms with van der Waals surface area (Å²) in [7, 11) is 1.71. The number of halogens is 1. The molecule has 2 unspecified atom stereocenters. The number of methoxy groups -OCH3 is 1. The summed E-state index contributed by atoms with van der Waals surface area (Å²) >= 11 is 5.79. The monoisotopic (exact) mass is 213 g/mol. The predicted molar refractivity (Wildman–Crippen MR) is 61.0 cm³/mol. The van der Waals surface area contributed by atoms with Crippen molar-refractivity contribution in [3.63, 3.8) is 0 Å². The lowest BCUT2D eigenvalue weighted by Gasteiger charge is -2.20. The van der Waals surface area contributed by atoms with Crippen molar-refractivity contribution in [1.29, 1.82) is 0 Å². The number of rotatable bonds is 4. The van der Waals surface area contributed by atoms with Crippen LogP contribution in [0.15, 0.2) is 24.3 Å². The van der Waals surface area contributed by atoms with Crippen molar-refractivity contribution < 1.29 is 4.74 Å². The Labute approximate surface area is 90.2 Å². The van der Waals surface area contributed by atoms with Gasteiger partial charge in [-0.1, -0.05) is 11.6 Å². The van der Waals surface area contributed by atoms with E-state index in [1.54, 1.807) is 7.11 Å². The van der Waals surface area contributed by atoms with Crippen LogP contribution < -0.4 is 5.32 Å². The van der Waals surface area contributed by atoms with E-state index in [0.29, 0.717) is 0 Å². The van der Waals surface area contributed by atoms with Gasteiger partial charge in [-0.15, -0.1) is 0 Å². The molecule has 0 radical (unpaired) electrons. The summed E-state index contributed by atoms with van der Waals surface area (Å²) in [6.07, 6.45) is 0.186. The van der Waals surface area contributed by atoms with Crippen LogP contribution in [-0.2, 0) is 4.74 Å². The van der Waals surface area contributed by atoms with Crippen LogP contribution in [0, 0.1) is 0 Å². The summed E-state index contributed by atoms with van der Waals surface area (Å²) < 4.78 is 5.22. The molecule has 0 aliphatic heterocycles. The molecule has 0 saturated heterocycles. The smallest absolute Gasteiger partial charge is 0.0741 e. The molecular weight excluding hydrogens is 198 g/mol. The molecule has 1 N–H and O–H groups in total. The van der Waals surface area contributed by atoms with Crippen LogP contribution in [0.25, 0.3) is 0 Å². The molecule has 0 bridgehead atoms. The highest BCUT2D eigenvalue weighted by Gasteiger charge is 2.09. The molecule has 2 nitrogen and oxygen atoms in total. The first-order valence-electron chi connectivity index (χ1n) is 4.68. The topological polar surface area (TPSA) is 21.3 Å². The minimum Gasteiger partial charge on any atom is -0.380 e. The zero-order valence-corrected chi connectivity index (χ0v) is 9.51. The van der Waals surface area contributed by atoms with Gasteiger partial charge in [-0.05, 0) is 38.1 Å². The number of hydrogen-bond acceptors (Lipinski definition) is 2. The lowest BCUT2D eigenvalue weighted by atomic mass is 10.2. The third-order valence-electron chi connectivity index (χ3n) is 2.31. The summed E-state index contributed by atoms with van der Waals surface area (Å²) in [5, 5.41) is 4.09. The van der Waals surface area contributed by atoms with E-state index in [1.165, 1.54) is 0 Å². The van der Waals surface area contributed by atoms with Gasteiger partial charge < -0.3 is 10.1 Å². The van der Waals surface area contributed by atoms with Crippen molar-refractivity contribution in [3.8, 4) is 0 Å². The van der Waals surface area contributed by atoms with Gasteiger partial charge in [-0.25, -0.2) is 0 Å². The highest BCUT2D eigenvalue weighted by Crippen LogP contribution is 2.15. The standard InChI is InChI=1S/C11H16ClNO/c1-8(9(2)14-3)13-11-6-4-10(12)5-7-11/h4-9,13H,1-3H3. The SMILES string of the molecule is COC(C)C(C)Nc1ccc(Cl)cc1. The Morgan fingerprint density at radius 3 is 2.29 bits per heavy atom. The lowest BCUT2D eigenvalue weighted by Crippen LogP contribution is -2.29. The Morgan fingerprint density at radius 1 is 1.21 bits per heavy atom. The maximum absolute atomic E-state index is 5.79. The molecule has 1 aromatic carbocycles. The van der Waals surface area contributed by atoms with Gasteiger partial charge in [-0.3, -0.25) is 0 Å². The first-order valence-corrected chi connectivity index (χ1v) is 5.06. The fraction of sp³-hybridized carbons (Fsp3) is 0.455. The molecule has 3 heteroatoms. The Hall–Kier alpha value is -0.730. The summed E-state index contributed by atoms with van der Waals surface area (Å²) in [6, 6.07) is 7.94. The van der Waals surface area contributed by atoms with Crippen LogP contribution >= 0.6 is 11.6 Å². The molecule has 0 aliphatic rings. The largest absolute Gasteiger partial charge is 0.380 e. The molecule has 14 heavy (non-hydrogen) atoms. The molecule has 0 amide bonds. The number of ether oxygens (including phenoxy) is 1. The third-order valence-corrected chi connectivity index (χ3v) is 2.57. The van der Waals surface area contributed by atoms with Gasteiger partial charge in [0.25, 0.3) is 0 Å². The van der Waals surface area contributed by atoms with Gasteiger partial charge >= 0.3 is 0 Å². The van der Waals surface area contributed by atoms with E-state index in [2.05, 4.69) is 12.2 Å². The van der Waals surface area contributed by atoms with Crippen molar-refractivity contribution in [1.82, 2.24) is 0 Å². The zero-order chi connectivity index (χ0) is 10.6. The Balaban J connectivity index is 2.56. The average molecular weight is 214 g/mol. The van der Waals surface area contributed by atoms with Crippen molar-refractivity contribution in [2.45, 2.75) is 26.0 Å². The van der Waals surface area contributed by atoms with Gasteiger partial charge in [0.15, 0.2) is 0 Å². The first-order chi connectivity index (χ1) is 6.63. The maximum atomic E-state index is 5.79. The Kier molecular flexibility index (Phi) is 4.23. The van der Waals surface area contributed by atoms with E-state index in [1.807, 2.05) is 31.2 Å². The summed E-state index contributed by atoms with van der Waals surface area (Å²) in [4.78, 5) is 0. The van der Waals surface area contributed by atoms with E-state index < -0.39 is 0 Å². The highest BCUT2D eigenvalue weighted by molar-refractivity contribution is 6.30. The van der Waals surface area contributed by atoms with E-state index in [4.69, 9.17) is 16.3 Å². The van der Waals surface area contributed by atoms with Gasteiger partial charge in [0.1, 0.15) is 0 Å². The van der Waals surface area contributed by atoms with Crippen LogP contribution in [0.3, 0.4) is 0 Å². The normalized spacial score (nSPS) is 14.9. The van der Waals surface area contributed by atoms with Crippen molar-refractivity contribution >= 4 is 17.3 Å². The Bertz CT molecular complexity index is 273. The third kappa shape index (κ3) is 3.20. The van der Waals surface area contributed by atoms with Crippen LogP contribution in [0.4, 0.5) is 5.69 Å². The zero-order valence-electron chi connectivity index (χ0n) is 8.75. The number of hydrogen-bond donors (Lipinski definition) is 1. The maximum Gasteiger partial charge on any atom is 0.0741 e. The molecule has 1 aromatic rings. The molecule has 0 aliphatic carbocycles. The molecule has 1 rings (SSSR count). The summed E-state index contributed by atoms with van der Waals surface area (Å²) in [5.41, 5.74) is 1.06. The number of nitrogens with one attached hydrogen (secondary N) is 1. The van der Waals surface area contributed by atoms with Gasteiger partial charge in [0.2, 0.25) is 0 Å². The second kappa shape index (κ2) is 5.23. The number of benzene rings is 1. The summed E-state index contributed by atoms with van der Waals surface area (Å²) in [5.74, 6) is 0. The van der Waals surface area contributed by atoms with Crippen LogP contribution in [0.1, 0.15) is 13.8 Å². The van der Waals surface area contributed by atoms with Crippen molar-refractivity contribution in [3.05, 3.63) is 29.3 Å². The molecule has 78 valence electrons. The minimum absolute atomic E-state index is 0.186. The molecule has 2 atom stereocenters. The molecular formula is C11H16ClNO. The first kappa shape index (κ1) is 11.3. The van der Waals surface area contributed by atoms with E-state index in [0.717, 1.165) is 10.7 Å². The van der Waals surface area contributed by atoms with Gasteiger partial charge in [0.05, 0.1) is 6.10 Å². The van der Waals surface area contributed by atoms with Crippen molar-refractivity contribution in [2.75, 3.05) is 12.4 Å². The van der Waals surface area contributed by atoms with Gasteiger partial charge in [0, 0.05) is 23.9 Å². The minimum atomic E-state index is 0.186. The van der Waals surface area contributed by atoms with Crippen LogP contribution in [0.5, 0.6) is 0 Å². The molecule has 0 saturated carbocycles. The Morgan fingerprint density at radius 2 is 1.79 bits per heavy atom. The second-order valence-corrected chi connectivity index (χ2v) is 3.82. The van der Waals surface area contributed by atoms with Crippen LogP contribution in [-0.4, -0.2) is 19.3 Å². The lowest BCUT2D eigenvalue weighted by molar-refractivity contribution is 0.106. The highest BCUT2D eigenvalue weighted by atomic mass is 35.5. The number of anilines is 1. The van der Waals surface area contributed by atoms with E-state index in [9.17, 15) is 0 Å².